The smallest absolute Gasteiger partial charge is 0.131 e. The normalized spacial score (nSPS) is 9.89. The number of hydrogen-bond acceptors (Lipinski definition) is 2. The molecule has 0 atom stereocenters. The van der Waals surface area contributed by atoms with Crippen molar-refractivity contribution in [2.75, 3.05) is 14.2 Å². The van der Waals surface area contributed by atoms with Gasteiger partial charge < -0.3 is 9.47 Å². The van der Waals surface area contributed by atoms with E-state index in [1.165, 1.54) is 11.1 Å². The highest BCUT2D eigenvalue weighted by Crippen LogP contribution is 2.31. The van der Waals surface area contributed by atoms with Crippen LogP contribution in [0.25, 0.3) is 17.2 Å². The van der Waals surface area contributed by atoms with Crippen molar-refractivity contribution in [1.82, 2.24) is 0 Å². The van der Waals surface area contributed by atoms with Crippen molar-refractivity contribution in [3.05, 3.63) is 89.5 Å². The van der Waals surface area contributed by atoms with E-state index >= 15 is 0 Å². The maximum absolute atomic E-state index is 5.45. The monoisotopic (exact) mass is 354 g/mol. The summed E-state index contributed by atoms with van der Waals surface area (Å²) in [5.41, 5.74) is 6.21. The summed E-state index contributed by atoms with van der Waals surface area (Å²) < 4.78 is 10.9. The summed E-state index contributed by atoms with van der Waals surface area (Å²) in [7, 11) is 3.26. The second-order valence-corrected chi connectivity index (χ2v) is 6.09. The predicted octanol–water partition coefficient (Wildman–Crippen LogP) is 5.72. The average Bonchev–Trinajstić information content (AvgIpc) is 2.72. The quantitative estimate of drug-likeness (QED) is 0.558. The Hall–Kier alpha value is -3.44. The molecule has 0 N–H and O–H groups in total. The van der Waals surface area contributed by atoms with Crippen LogP contribution in [0.2, 0.25) is 0 Å². The van der Waals surface area contributed by atoms with Gasteiger partial charge in [-0.2, -0.15) is 0 Å². The summed E-state index contributed by atoms with van der Waals surface area (Å²) in [6.45, 7) is 5.93. The topological polar surface area (TPSA) is 18.5 Å². The molecule has 0 radical (unpaired) electrons. The van der Waals surface area contributed by atoms with Crippen molar-refractivity contribution in [2.45, 2.75) is 6.92 Å². The van der Waals surface area contributed by atoms with Crippen LogP contribution in [0.1, 0.15) is 22.3 Å². The Balaban J connectivity index is 2.03. The molecule has 0 unspecified atom stereocenters. The molecule has 2 heteroatoms. The Labute approximate surface area is 161 Å². The molecule has 0 saturated heterocycles. The van der Waals surface area contributed by atoms with Crippen LogP contribution < -0.4 is 9.47 Å². The van der Waals surface area contributed by atoms with E-state index in [0.29, 0.717) is 11.5 Å². The molecule has 0 aliphatic carbocycles. The van der Waals surface area contributed by atoms with Gasteiger partial charge in [-0.15, -0.1) is 0 Å². The van der Waals surface area contributed by atoms with E-state index in [0.717, 1.165) is 22.3 Å². The summed E-state index contributed by atoms with van der Waals surface area (Å²) in [6, 6.07) is 20.4. The van der Waals surface area contributed by atoms with Crippen molar-refractivity contribution in [2.24, 2.45) is 0 Å². The van der Waals surface area contributed by atoms with Crippen LogP contribution in [-0.4, -0.2) is 14.2 Å². The van der Waals surface area contributed by atoms with E-state index in [1.54, 1.807) is 20.3 Å². The Bertz CT molecular complexity index is 996. The Kier molecular flexibility index (Phi) is 5.64. The van der Waals surface area contributed by atoms with Crippen LogP contribution in [0, 0.1) is 18.8 Å². The molecule has 0 aliphatic rings. The number of methoxy groups -OCH3 is 2. The summed E-state index contributed by atoms with van der Waals surface area (Å²) in [5.74, 6) is 7.92. The lowest BCUT2D eigenvalue weighted by Gasteiger charge is -2.11. The largest absolute Gasteiger partial charge is 0.496 e. The third-order valence-corrected chi connectivity index (χ3v) is 4.51. The lowest BCUT2D eigenvalue weighted by atomic mass is 9.96. The van der Waals surface area contributed by atoms with Crippen LogP contribution in [-0.2, 0) is 0 Å². The van der Waals surface area contributed by atoms with E-state index in [9.17, 15) is 0 Å². The minimum absolute atomic E-state index is 0.698. The fourth-order valence-electron chi connectivity index (χ4n) is 3.05. The Morgan fingerprint density at radius 1 is 0.852 bits per heavy atom. The van der Waals surface area contributed by atoms with Gasteiger partial charge in [0.2, 0.25) is 0 Å². The molecular weight excluding hydrogens is 332 g/mol. The van der Waals surface area contributed by atoms with Crippen molar-refractivity contribution in [1.29, 1.82) is 0 Å². The standard InChI is InChI=1S/C25H22O2/c1-5-22-24(26-3)16-19(17-25(22)27-4)14-15-20-12-9-13-23(18(20)2)21-10-7-6-8-11-21/h5-13,16-17H,1H2,2-4H3. The van der Waals surface area contributed by atoms with Crippen LogP contribution in [0.3, 0.4) is 0 Å². The van der Waals surface area contributed by atoms with Gasteiger partial charge in [0.05, 0.1) is 19.8 Å². The molecular formula is C25H22O2. The van der Waals surface area contributed by atoms with Gasteiger partial charge >= 0.3 is 0 Å². The van der Waals surface area contributed by atoms with E-state index in [2.05, 4.69) is 43.5 Å². The Morgan fingerprint density at radius 2 is 1.52 bits per heavy atom. The van der Waals surface area contributed by atoms with E-state index in [4.69, 9.17) is 9.47 Å². The molecule has 134 valence electrons. The summed E-state index contributed by atoms with van der Waals surface area (Å²) in [4.78, 5) is 0. The molecule has 3 aromatic rings. The molecule has 0 spiro atoms. The maximum Gasteiger partial charge on any atom is 0.131 e. The molecule has 0 bridgehead atoms. The first-order chi connectivity index (χ1) is 13.2. The third-order valence-electron chi connectivity index (χ3n) is 4.51. The minimum atomic E-state index is 0.698. The molecule has 0 aliphatic heterocycles. The van der Waals surface area contributed by atoms with Crippen LogP contribution in [0.15, 0.2) is 67.2 Å². The van der Waals surface area contributed by atoms with E-state index in [-0.39, 0.29) is 0 Å². The summed E-state index contributed by atoms with van der Waals surface area (Å²) in [5, 5.41) is 0. The van der Waals surface area contributed by atoms with Crippen molar-refractivity contribution in [3.63, 3.8) is 0 Å². The first-order valence-corrected chi connectivity index (χ1v) is 8.73. The van der Waals surface area contributed by atoms with Crippen molar-refractivity contribution in [3.8, 4) is 34.5 Å². The van der Waals surface area contributed by atoms with Crippen molar-refractivity contribution < 1.29 is 9.47 Å². The summed E-state index contributed by atoms with van der Waals surface area (Å²) >= 11 is 0. The lowest BCUT2D eigenvalue weighted by molar-refractivity contribution is 0.392. The highest BCUT2D eigenvalue weighted by atomic mass is 16.5. The fraction of sp³-hybridized carbons (Fsp3) is 0.120. The number of hydrogen-bond donors (Lipinski definition) is 0. The van der Waals surface area contributed by atoms with Gasteiger partial charge in [-0.3, -0.25) is 0 Å². The van der Waals surface area contributed by atoms with Gasteiger partial charge in [-0.1, -0.05) is 67.0 Å². The molecule has 0 saturated carbocycles. The second-order valence-electron chi connectivity index (χ2n) is 6.09. The second kappa shape index (κ2) is 8.29. The SMILES string of the molecule is C=Cc1c(OC)cc(C#Cc2cccc(-c3ccccc3)c2C)cc1OC. The zero-order valence-electron chi connectivity index (χ0n) is 15.9. The third kappa shape index (κ3) is 3.88. The van der Waals surface area contributed by atoms with Crippen molar-refractivity contribution >= 4 is 6.08 Å². The highest BCUT2D eigenvalue weighted by molar-refractivity contribution is 5.71. The zero-order valence-corrected chi connectivity index (χ0v) is 15.9. The molecule has 3 rings (SSSR count). The molecule has 0 amide bonds. The molecule has 0 fully saturated rings. The molecule has 3 aromatic carbocycles. The molecule has 0 heterocycles. The van der Waals surface area contributed by atoms with E-state index < -0.39 is 0 Å². The number of ether oxygens (including phenoxy) is 2. The lowest BCUT2D eigenvalue weighted by Crippen LogP contribution is -1.94. The number of benzene rings is 3. The maximum atomic E-state index is 5.45. The minimum Gasteiger partial charge on any atom is -0.496 e. The molecule has 27 heavy (non-hydrogen) atoms. The number of rotatable bonds is 4. The van der Waals surface area contributed by atoms with E-state index in [1.807, 2.05) is 42.5 Å². The first-order valence-electron chi connectivity index (χ1n) is 8.73. The van der Waals surface area contributed by atoms with Gasteiger partial charge in [-0.05, 0) is 41.8 Å². The van der Waals surface area contributed by atoms with Gasteiger partial charge in [0, 0.05) is 11.1 Å². The van der Waals surface area contributed by atoms with Gasteiger partial charge in [0.15, 0.2) is 0 Å². The molecule has 2 nitrogen and oxygen atoms in total. The Morgan fingerprint density at radius 3 is 2.11 bits per heavy atom. The molecule has 0 aromatic heterocycles. The average molecular weight is 354 g/mol. The van der Waals surface area contributed by atoms with Crippen LogP contribution in [0.4, 0.5) is 0 Å². The van der Waals surface area contributed by atoms with Crippen LogP contribution >= 0.6 is 0 Å². The summed E-state index contributed by atoms with van der Waals surface area (Å²) in [6.07, 6.45) is 1.72. The first kappa shape index (κ1) is 18.4. The van der Waals surface area contributed by atoms with Gasteiger partial charge in [-0.25, -0.2) is 0 Å². The highest BCUT2D eigenvalue weighted by Gasteiger charge is 2.09. The fourth-order valence-corrected chi connectivity index (χ4v) is 3.05. The van der Waals surface area contributed by atoms with Gasteiger partial charge in [0.25, 0.3) is 0 Å². The van der Waals surface area contributed by atoms with Crippen LogP contribution in [0.5, 0.6) is 11.5 Å². The zero-order chi connectivity index (χ0) is 19.2. The predicted molar refractivity (Wildman–Crippen MR) is 112 cm³/mol. The van der Waals surface area contributed by atoms with Gasteiger partial charge in [0.1, 0.15) is 11.5 Å².